The third-order valence-electron chi connectivity index (χ3n) is 3.47. The van der Waals surface area contributed by atoms with Gasteiger partial charge >= 0.3 is 0 Å². The van der Waals surface area contributed by atoms with Gasteiger partial charge in [0.1, 0.15) is 0 Å². The van der Waals surface area contributed by atoms with Crippen LogP contribution in [0.1, 0.15) is 32.6 Å². The summed E-state index contributed by atoms with van der Waals surface area (Å²) < 4.78 is 0. The molecule has 0 aromatic rings. The van der Waals surface area contributed by atoms with E-state index >= 15 is 0 Å². The number of piperidine rings is 1. The van der Waals surface area contributed by atoms with E-state index in [4.69, 9.17) is 0 Å². The average molecular weight is 181 g/mol. The van der Waals surface area contributed by atoms with Crippen molar-refractivity contribution >= 4 is 11.7 Å². The first-order valence-corrected chi connectivity index (χ1v) is 4.98. The minimum absolute atomic E-state index is 0.0949. The predicted molar refractivity (Wildman–Crippen MR) is 48.1 cm³/mol. The molecule has 2 fully saturated rings. The third kappa shape index (κ3) is 1.18. The summed E-state index contributed by atoms with van der Waals surface area (Å²) in [7, 11) is 0. The standard InChI is InChI=1S/C10H15NO2/c1-7-8(12)10(4-2-3-5-10)6-11-9(7)13/h7H,2-6H2,1H3,(H,11,13). The molecule has 13 heavy (non-hydrogen) atoms. The van der Waals surface area contributed by atoms with E-state index in [9.17, 15) is 9.59 Å². The van der Waals surface area contributed by atoms with E-state index in [2.05, 4.69) is 5.32 Å². The fourth-order valence-corrected chi connectivity index (χ4v) is 2.55. The fourth-order valence-electron chi connectivity index (χ4n) is 2.55. The molecule has 1 aliphatic heterocycles. The van der Waals surface area contributed by atoms with Gasteiger partial charge in [-0.15, -0.1) is 0 Å². The molecule has 3 heteroatoms. The van der Waals surface area contributed by atoms with Crippen molar-refractivity contribution in [1.29, 1.82) is 0 Å². The Balaban J connectivity index is 2.22. The smallest absolute Gasteiger partial charge is 0.230 e. The fraction of sp³-hybridized carbons (Fsp3) is 0.800. The summed E-state index contributed by atoms with van der Waals surface area (Å²) in [5.74, 6) is -0.344. The third-order valence-corrected chi connectivity index (χ3v) is 3.47. The van der Waals surface area contributed by atoms with Gasteiger partial charge in [0.15, 0.2) is 5.78 Å². The van der Waals surface area contributed by atoms with E-state index in [1.165, 1.54) is 0 Å². The van der Waals surface area contributed by atoms with E-state index in [-0.39, 0.29) is 17.1 Å². The van der Waals surface area contributed by atoms with Gasteiger partial charge in [0.25, 0.3) is 0 Å². The second-order valence-electron chi connectivity index (χ2n) is 4.29. The summed E-state index contributed by atoms with van der Waals surface area (Å²) in [6.45, 7) is 2.30. The van der Waals surface area contributed by atoms with E-state index in [1.54, 1.807) is 6.92 Å². The maximum atomic E-state index is 11.9. The van der Waals surface area contributed by atoms with Crippen molar-refractivity contribution in [3.05, 3.63) is 0 Å². The first-order chi connectivity index (χ1) is 6.16. The number of Topliss-reactive ketones (excluding diaryl/α,β-unsaturated/α-hetero) is 1. The highest BCUT2D eigenvalue weighted by Gasteiger charge is 2.47. The van der Waals surface area contributed by atoms with Crippen LogP contribution < -0.4 is 5.32 Å². The number of carbonyl (C=O) groups excluding carboxylic acids is 2. The molecule has 72 valence electrons. The van der Waals surface area contributed by atoms with Gasteiger partial charge in [0, 0.05) is 12.0 Å². The van der Waals surface area contributed by atoms with Gasteiger partial charge in [0.05, 0.1) is 5.92 Å². The van der Waals surface area contributed by atoms with Gasteiger partial charge in [-0.05, 0) is 19.8 Å². The lowest BCUT2D eigenvalue weighted by Gasteiger charge is -2.34. The molecule has 0 aromatic heterocycles. The van der Waals surface area contributed by atoms with Crippen LogP contribution >= 0.6 is 0 Å². The minimum atomic E-state index is -0.424. The summed E-state index contributed by atoms with van der Waals surface area (Å²) in [5, 5.41) is 2.84. The molecule has 0 aromatic carbocycles. The summed E-state index contributed by atoms with van der Waals surface area (Å²) in [4.78, 5) is 23.1. The molecule has 1 amide bonds. The normalized spacial score (nSPS) is 32.2. The zero-order valence-electron chi connectivity index (χ0n) is 7.93. The number of rotatable bonds is 0. The molecule has 1 spiro atoms. The molecule has 1 saturated carbocycles. The lowest BCUT2D eigenvalue weighted by Crippen LogP contribution is -2.53. The summed E-state index contributed by atoms with van der Waals surface area (Å²) in [6.07, 6.45) is 4.20. The Labute approximate surface area is 77.9 Å². The van der Waals surface area contributed by atoms with Crippen LogP contribution in [0.2, 0.25) is 0 Å². The Morgan fingerprint density at radius 1 is 1.31 bits per heavy atom. The lowest BCUT2D eigenvalue weighted by molar-refractivity contribution is -0.144. The largest absolute Gasteiger partial charge is 0.354 e. The second-order valence-corrected chi connectivity index (χ2v) is 4.29. The summed E-state index contributed by atoms with van der Waals surface area (Å²) in [6, 6.07) is 0. The van der Waals surface area contributed by atoms with Crippen molar-refractivity contribution in [1.82, 2.24) is 5.32 Å². The van der Waals surface area contributed by atoms with Gasteiger partial charge in [-0.3, -0.25) is 9.59 Å². The molecular weight excluding hydrogens is 166 g/mol. The number of carbonyl (C=O) groups is 2. The number of hydrogen-bond donors (Lipinski definition) is 1. The molecule has 1 atom stereocenters. The molecule has 1 heterocycles. The van der Waals surface area contributed by atoms with Crippen LogP contribution in [0.5, 0.6) is 0 Å². The molecule has 2 aliphatic rings. The van der Waals surface area contributed by atoms with Crippen molar-refractivity contribution in [2.75, 3.05) is 6.54 Å². The zero-order valence-corrected chi connectivity index (χ0v) is 7.93. The first kappa shape index (κ1) is 8.73. The van der Waals surface area contributed by atoms with Crippen molar-refractivity contribution in [3.63, 3.8) is 0 Å². The zero-order chi connectivity index (χ0) is 9.47. The van der Waals surface area contributed by atoms with Crippen LogP contribution in [0.25, 0.3) is 0 Å². The quantitative estimate of drug-likeness (QED) is 0.564. The van der Waals surface area contributed by atoms with Gasteiger partial charge in [0.2, 0.25) is 5.91 Å². The van der Waals surface area contributed by atoms with Gasteiger partial charge in [-0.25, -0.2) is 0 Å². The number of amides is 1. The molecular formula is C10H15NO2. The van der Waals surface area contributed by atoms with E-state index in [0.717, 1.165) is 25.7 Å². The maximum absolute atomic E-state index is 11.9. The van der Waals surface area contributed by atoms with Crippen LogP contribution in [0, 0.1) is 11.3 Å². The highest BCUT2D eigenvalue weighted by Crippen LogP contribution is 2.41. The topological polar surface area (TPSA) is 46.2 Å². The molecule has 0 radical (unpaired) electrons. The number of hydrogen-bond acceptors (Lipinski definition) is 2. The van der Waals surface area contributed by atoms with E-state index in [0.29, 0.717) is 6.54 Å². The van der Waals surface area contributed by atoms with Crippen molar-refractivity contribution in [2.45, 2.75) is 32.6 Å². The molecule has 2 rings (SSSR count). The predicted octanol–water partition coefficient (Wildman–Crippen LogP) is 0.882. The highest BCUT2D eigenvalue weighted by atomic mass is 16.2. The van der Waals surface area contributed by atoms with Crippen LogP contribution in [-0.4, -0.2) is 18.2 Å². The van der Waals surface area contributed by atoms with Crippen LogP contribution in [-0.2, 0) is 9.59 Å². The van der Waals surface area contributed by atoms with Crippen LogP contribution in [0.4, 0.5) is 0 Å². The Kier molecular flexibility index (Phi) is 1.90. The Morgan fingerprint density at radius 3 is 2.54 bits per heavy atom. The minimum Gasteiger partial charge on any atom is -0.354 e. The summed E-state index contributed by atoms with van der Waals surface area (Å²) >= 11 is 0. The molecule has 1 unspecified atom stereocenters. The average Bonchev–Trinajstić information content (AvgIpc) is 2.59. The summed E-state index contributed by atoms with van der Waals surface area (Å²) in [5.41, 5.74) is -0.187. The van der Waals surface area contributed by atoms with E-state index < -0.39 is 5.92 Å². The number of nitrogens with one attached hydrogen (secondary N) is 1. The Bertz CT molecular complexity index is 254. The van der Waals surface area contributed by atoms with E-state index in [1.807, 2.05) is 0 Å². The lowest BCUT2D eigenvalue weighted by atomic mass is 9.74. The van der Waals surface area contributed by atoms with Crippen molar-refractivity contribution < 1.29 is 9.59 Å². The van der Waals surface area contributed by atoms with Crippen molar-refractivity contribution in [3.8, 4) is 0 Å². The van der Waals surface area contributed by atoms with Crippen LogP contribution in [0.15, 0.2) is 0 Å². The first-order valence-electron chi connectivity index (χ1n) is 4.98. The molecule has 3 nitrogen and oxygen atoms in total. The number of ketones is 1. The van der Waals surface area contributed by atoms with Gasteiger partial charge in [-0.2, -0.15) is 0 Å². The van der Waals surface area contributed by atoms with Crippen LogP contribution in [0.3, 0.4) is 0 Å². The van der Waals surface area contributed by atoms with Crippen molar-refractivity contribution in [2.24, 2.45) is 11.3 Å². The van der Waals surface area contributed by atoms with Gasteiger partial charge < -0.3 is 5.32 Å². The highest BCUT2D eigenvalue weighted by molar-refractivity contribution is 6.06. The monoisotopic (exact) mass is 181 g/mol. The second kappa shape index (κ2) is 2.82. The molecule has 0 bridgehead atoms. The Hall–Kier alpha value is -0.860. The molecule has 1 N–H and O–H groups in total. The SMILES string of the molecule is CC1C(=O)NCC2(CCCC2)C1=O. The molecule has 1 aliphatic carbocycles. The maximum Gasteiger partial charge on any atom is 0.230 e. The Morgan fingerprint density at radius 2 is 1.92 bits per heavy atom. The van der Waals surface area contributed by atoms with Gasteiger partial charge in [-0.1, -0.05) is 12.8 Å². The molecule has 1 saturated heterocycles.